The molecular formula is C24H30N6O4. The Morgan fingerprint density at radius 1 is 1.12 bits per heavy atom. The van der Waals surface area contributed by atoms with Crippen LogP contribution in [0.4, 0.5) is 5.82 Å². The van der Waals surface area contributed by atoms with Gasteiger partial charge in [-0.05, 0) is 37.1 Å². The summed E-state index contributed by atoms with van der Waals surface area (Å²) < 4.78 is 18.6. The minimum absolute atomic E-state index is 0.0941. The fourth-order valence-electron chi connectivity index (χ4n) is 4.06. The highest BCUT2D eigenvalue weighted by Gasteiger charge is 2.29. The Bertz CT molecular complexity index is 1160. The van der Waals surface area contributed by atoms with E-state index in [1.807, 2.05) is 42.1 Å². The second kappa shape index (κ2) is 9.98. The lowest BCUT2D eigenvalue weighted by Crippen LogP contribution is -2.45. The smallest absolute Gasteiger partial charge is 0.272 e. The van der Waals surface area contributed by atoms with Crippen LogP contribution in [-0.4, -0.2) is 78.1 Å². The molecule has 34 heavy (non-hydrogen) atoms. The molecule has 3 heterocycles. The fourth-order valence-corrected chi connectivity index (χ4v) is 4.06. The molecule has 1 aliphatic rings. The molecule has 1 unspecified atom stereocenters. The number of nitrogens with zero attached hydrogens (tertiary/aromatic N) is 6. The van der Waals surface area contributed by atoms with Gasteiger partial charge < -0.3 is 24.0 Å². The predicted octanol–water partition coefficient (Wildman–Crippen LogP) is 2.64. The number of hydrogen-bond donors (Lipinski definition) is 0. The van der Waals surface area contributed by atoms with E-state index in [2.05, 4.69) is 15.1 Å². The van der Waals surface area contributed by atoms with Crippen LogP contribution in [0.5, 0.6) is 17.4 Å². The Kier molecular flexibility index (Phi) is 6.85. The first kappa shape index (κ1) is 23.3. The zero-order valence-electron chi connectivity index (χ0n) is 20.2. The van der Waals surface area contributed by atoms with Gasteiger partial charge in [0.05, 0.1) is 26.5 Å². The van der Waals surface area contributed by atoms with E-state index in [-0.39, 0.29) is 12.0 Å². The van der Waals surface area contributed by atoms with Crippen molar-refractivity contribution in [1.29, 1.82) is 0 Å². The number of aromatic nitrogens is 4. The quantitative estimate of drug-likeness (QED) is 0.525. The molecule has 0 radical (unpaired) electrons. The van der Waals surface area contributed by atoms with Crippen molar-refractivity contribution in [2.45, 2.75) is 18.9 Å². The maximum Gasteiger partial charge on any atom is 0.272 e. The van der Waals surface area contributed by atoms with Crippen LogP contribution >= 0.6 is 0 Å². The van der Waals surface area contributed by atoms with Gasteiger partial charge in [0.1, 0.15) is 23.3 Å². The summed E-state index contributed by atoms with van der Waals surface area (Å²) in [5.74, 6) is 2.38. The summed E-state index contributed by atoms with van der Waals surface area (Å²) in [6.07, 6.45) is 4.75. The van der Waals surface area contributed by atoms with Gasteiger partial charge in [-0.2, -0.15) is 5.10 Å². The molecule has 1 aliphatic heterocycles. The van der Waals surface area contributed by atoms with E-state index in [1.54, 1.807) is 44.4 Å². The molecule has 1 amide bonds. The van der Waals surface area contributed by atoms with Crippen LogP contribution in [0.3, 0.4) is 0 Å². The Labute approximate surface area is 199 Å². The first-order valence-corrected chi connectivity index (χ1v) is 11.1. The van der Waals surface area contributed by atoms with Crippen molar-refractivity contribution in [3.8, 4) is 28.6 Å². The number of ether oxygens (including phenoxy) is 3. The molecule has 180 valence electrons. The Morgan fingerprint density at radius 3 is 2.65 bits per heavy atom. The van der Waals surface area contributed by atoms with Gasteiger partial charge in [0.15, 0.2) is 5.82 Å². The fraction of sp³-hybridized carbons (Fsp3) is 0.417. The van der Waals surface area contributed by atoms with Crippen LogP contribution < -0.4 is 19.1 Å². The van der Waals surface area contributed by atoms with Crippen molar-refractivity contribution >= 4 is 11.7 Å². The summed E-state index contributed by atoms with van der Waals surface area (Å²) in [4.78, 5) is 25.8. The summed E-state index contributed by atoms with van der Waals surface area (Å²) in [5, 5.41) is 4.58. The van der Waals surface area contributed by atoms with Crippen molar-refractivity contribution < 1.29 is 19.0 Å². The van der Waals surface area contributed by atoms with Crippen molar-refractivity contribution in [3.05, 3.63) is 42.4 Å². The lowest BCUT2D eigenvalue weighted by molar-refractivity contribution is 0.0518. The molecule has 1 atom stereocenters. The lowest BCUT2D eigenvalue weighted by Gasteiger charge is -2.33. The first-order valence-electron chi connectivity index (χ1n) is 11.1. The highest BCUT2D eigenvalue weighted by Crippen LogP contribution is 2.33. The Morgan fingerprint density at radius 2 is 1.91 bits per heavy atom. The van der Waals surface area contributed by atoms with Crippen LogP contribution in [0.15, 0.2) is 36.7 Å². The average Bonchev–Trinajstić information content (AvgIpc) is 3.24. The zero-order valence-corrected chi connectivity index (χ0v) is 20.2. The molecule has 10 nitrogen and oxygen atoms in total. The monoisotopic (exact) mass is 466 g/mol. The van der Waals surface area contributed by atoms with Crippen molar-refractivity contribution in [3.63, 3.8) is 0 Å². The van der Waals surface area contributed by atoms with E-state index < -0.39 is 0 Å². The molecule has 2 aromatic heterocycles. The summed E-state index contributed by atoms with van der Waals surface area (Å²) in [6, 6.07) is 7.29. The molecule has 0 bridgehead atoms. The van der Waals surface area contributed by atoms with E-state index in [0.717, 1.165) is 18.4 Å². The van der Waals surface area contributed by atoms with Gasteiger partial charge in [-0.25, -0.2) is 9.97 Å². The minimum Gasteiger partial charge on any atom is -0.497 e. The molecular weight excluding hydrogens is 436 g/mol. The molecule has 0 aliphatic carbocycles. The van der Waals surface area contributed by atoms with Gasteiger partial charge in [-0.1, -0.05) is 0 Å². The first-order chi connectivity index (χ1) is 16.4. The summed E-state index contributed by atoms with van der Waals surface area (Å²) in [7, 11) is 8.77. The van der Waals surface area contributed by atoms with E-state index >= 15 is 0 Å². The van der Waals surface area contributed by atoms with Gasteiger partial charge in [-0.3, -0.25) is 9.48 Å². The zero-order chi connectivity index (χ0) is 24.2. The van der Waals surface area contributed by atoms with Crippen molar-refractivity contribution in [2.75, 3.05) is 46.3 Å². The normalized spacial score (nSPS) is 15.7. The number of carbonyl (C=O) groups excluding carboxylic acids is 1. The Balaban J connectivity index is 1.53. The van der Waals surface area contributed by atoms with Crippen LogP contribution in [0.2, 0.25) is 0 Å². The van der Waals surface area contributed by atoms with E-state index in [4.69, 9.17) is 14.2 Å². The summed E-state index contributed by atoms with van der Waals surface area (Å²) in [5.41, 5.74) is 1.89. The number of rotatable bonds is 7. The molecule has 1 fully saturated rings. The standard InChI is InChI=1S/C24H30N6O4/c1-28(2)22-23(26-11-10-25-22)34-17-7-6-12-30(15-17)24(31)20-14-19(27-29(20)3)18-13-16(32-4)8-9-21(18)33-5/h8-11,13-14,17H,6-7,12,15H2,1-5H3. The van der Waals surface area contributed by atoms with E-state index in [1.165, 1.54) is 0 Å². The van der Waals surface area contributed by atoms with Crippen molar-refractivity contribution in [2.24, 2.45) is 7.05 Å². The number of hydrogen-bond acceptors (Lipinski definition) is 8. The molecule has 0 saturated carbocycles. The van der Waals surface area contributed by atoms with E-state index in [9.17, 15) is 4.79 Å². The molecule has 3 aromatic rings. The second-order valence-corrected chi connectivity index (χ2v) is 8.32. The molecule has 0 N–H and O–H groups in total. The van der Waals surface area contributed by atoms with Gasteiger partial charge >= 0.3 is 0 Å². The Hall–Kier alpha value is -3.82. The van der Waals surface area contributed by atoms with Crippen LogP contribution in [0.25, 0.3) is 11.3 Å². The average molecular weight is 467 g/mol. The number of methoxy groups -OCH3 is 2. The number of anilines is 1. The largest absolute Gasteiger partial charge is 0.497 e. The van der Waals surface area contributed by atoms with E-state index in [0.29, 0.717) is 47.7 Å². The van der Waals surface area contributed by atoms with Gasteiger partial charge in [0.2, 0.25) is 0 Å². The van der Waals surface area contributed by atoms with Gasteiger partial charge in [0, 0.05) is 45.6 Å². The third-order valence-corrected chi connectivity index (χ3v) is 5.80. The minimum atomic E-state index is -0.167. The predicted molar refractivity (Wildman–Crippen MR) is 128 cm³/mol. The maximum absolute atomic E-state index is 13.4. The maximum atomic E-state index is 13.4. The lowest BCUT2D eigenvalue weighted by atomic mass is 10.1. The number of piperidine rings is 1. The molecule has 10 heteroatoms. The highest BCUT2D eigenvalue weighted by atomic mass is 16.5. The molecule has 0 spiro atoms. The second-order valence-electron chi connectivity index (χ2n) is 8.32. The molecule has 1 aromatic carbocycles. The highest BCUT2D eigenvalue weighted by molar-refractivity contribution is 5.94. The van der Waals surface area contributed by atoms with Crippen LogP contribution in [-0.2, 0) is 7.05 Å². The number of amides is 1. The number of benzene rings is 1. The third kappa shape index (κ3) is 4.75. The third-order valence-electron chi connectivity index (χ3n) is 5.80. The summed E-state index contributed by atoms with van der Waals surface area (Å²) >= 11 is 0. The van der Waals surface area contributed by atoms with Crippen LogP contribution in [0.1, 0.15) is 23.3 Å². The molecule has 4 rings (SSSR count). The molecule has 1 saturated heterocycles. The van der Waals surface area contributed by atoms with Gasteiger partial charge in [0.25, 0.3) is 11.8 Å². The number of aryl methyl sites for hydroxylation is 1. The number of carbonyl (C=O) groups is 1. The van der Waals surface area contributed by atoms with Crippen molar-refractivity contribution in [1.82, 2.24) is 24.6 Å². The summed E-state index contributed by atoms with van der Waals surface area (Å²) in [6.45, 7) is 1.12. The number of likely N-dealkylation sites (tertiary alicyclic amines) is 1. The van der Waals surface area contributed by atoms with Crippen LogP contribution in [0, 0.1) is 0 Å². The topological polar surface area (TPSA) is 94.8 Å². The SMILES string of the molecule is COc1ccc(OC)c(-c2cc(C(=O)N3CCCC(Oc4nccnc4N(C)C)C3)n(C)n2)c1. The van der Waals surface area contributed by atoms with Gasteiger partial charge in [-0.15, -0.1) is 0 Å².